The fourth-order valence-electron chi connectivity index (χ4n) is 2.01. The highest BCUT2D eigenvalue weighted by atomic mass is 35.5. The summed E-state index contributed by atoms with van der Waals surface area (Å²) >= 11 is 11.4. The second-order valence-corrected chi connectivity index (χ2v) is 5.28. The van der Waals surface area contributed by atoms with Crippen LogP contribution in [-0.4, -0.2) is 14.8 Å². The van der Waals surface area contributed by atoms with Crippen molar-refractivity contribution in [2.45, 2.75) is 0 Å². The van der Waals surface area contributed by atoms with E-state index in [0.29, 0.717) is 0 Å². The Morgan fingerprint density at radius 2 is 1.64 bits per heavy atom. The van der Waals surface area contributed by atoms with E-state index in [-0.39, 0.29) is 27.1 Å². The van der Waals surface area contributed by atoms with E-state index < -0.39 is 17.3 Å². The Labute approximate surface area is 132 Å². The normalized spacial score (nSPS) is 10.9. The number of benzene rings is 2. The highest BCUT2D eigenvalue weighted by Crippen LogP contribution is 2.26. The number of hydrogen-bond acceptors (Lipinski definition) is 2. The van der Waals surface area contributed by atoms with Gasteiger partial charge in [-0.1, -0.05) is 23.2 Å². The number of aromatic nitrogens is 3. The van der Waals surface area contributed by atoms with Gasteiger partial charge in [-0.3, -0.25) is 0 Å². The molecule has 0 amide bonds. The second kappa shape index (κ2) is 5.55. The van der Waals surface area contributed by atoms with E-state index in [1.807, 2.05) is 0 Å². The molecule has 1 N–H and O–H groups in total. The second-order valence-electron chi connectivity index (χ2n) is 4.41. The molecule has 0 aliphatic heterocycles. The number of aromatic amines is 1. The van der Waals surface area contributed by atoms with Gasteiger partial charge in [-0.2, -0.15) is 4.98 Å². The summed E-state index contributed by atoms with van der Waals surface area (Å²) in [6.07, 6.45) is 0. The van der Waals surface area contributed by atoms with Gasteiger partial charge in [-0.15, -0.1) is 0 Å². The molecule has 3 aromatic rings. The molecule has 0 aliphatic carbocycles. The number of halogens is 4. The molecule has 0 saturated carbocycles. The Morgan fingerprint density at radius 3 is 2.27 bits per heavy atom. The maximum atomic E-state index is 14.0. The SMILES string of the molecule is O=c1nc(-c2ccc(Cl)cc2F)n(-c2ccc(Cl)cc2F)[nH]1. The maximum absolute atomic E-state index is 14.0. The topological polar surface area (TPSA) is 50.7 Å². The predicted octanol–water partition coefficient (Wildman–Crippen LogP) is 3.81. The average Bonchev–Trinajstić information content (AvgIpc) is 2.80. The van der Waals surface area contributed by atoms with Gasteiger partial charge in [-0.25, -0.2) is 23.4 Å². The smallest absolute Gasteiger partial charge is 0.244 e. The molecule has 4 nitrogen and oxygen atoms in total. The fourth-order valence-corrected chi connectivity index (χ4v) is 2.33. The van der Waals surface area contributed by atoms with Crippen LogP contribution in [0.4, 0.5) is 8.78 Å². The molecule has 0 atom stereocenters. The number of H-pyrrole nitrogens is 1. The van der Waals surface area contributed by atoms with Gasteiger partial charge in [0.15, 0.2) is 5.82 Å². The molecule has 3 rings (SSSR count). The molecule has 0 spiro atoms. The van der Waals surface area contributed by atoms with Gasteiger partial charge >= 0.3 is 5.69 Å². The van der Waals surface area contributed by atoms with Gasteiger partial charge in [0.2, 0.25) is 0 Å². The zero-order valence-corrected chi connectivity index (χ0v) is 12.3. The molecule has 2 aromatic carbocycles. The van der Waals surface area contributed by atoms with Gasteiger partial charge in [0, 0.05) is 10.0 Å². The van der Waals surface area contributed by atoms with Crippen LogP contribution < -0.4 is 5.69 Å². The van der Waals surface area contributed by atoms with Crippen LogP contribution in [0.25, 0.3) is 17.1 Å². The van der Waals surface area contributed by atoms with Gasteiger partial charge in [-0.05, 0) is 36.4 Å². The maximum Gasteiger partial charge on any atom is 0.362 e. The lowest BCUT2D eigenvalue weighted by Crippen LogP contribution is -2.06. The molecule has 1 heterocycles. The van der Waals surface area contributed by atoms with Crippen molar-refractivity contribution in [3.63, 3.8) is 0 Å². The molecule has 8 heteroatoms. The summed E-state index contributed by atoms with van der Waals surface area (Å²) in [6, 6.07) is 7.77. The molecular formula is C14H7Cl2F2N3O. The minimum absolute atomic E-state index is 0.0108. The Morgan fingerprint density at radius 1 is 1.00 bits per heavy atom. The first-order valence-corrected chi connectivity index (χ1v) is 6.81. The van der Waals surface area contributed by atoms with Crippen molar-refractivity contribution in [3.05, 3.63) is 68.6 Å². The summed E-state index contributed by atoms with van der Waals surface area (Å²) in [4.78, 5) is 15.2. The summed E-state index contributed by atoms with van der Waals surface area (Å²) < 4.78 is 29.1. The van der Waals surface area contributed by atoms with E-state index in [2.05, 4.69) is 10.1 Å². The standard InChI is InChI=1S/C14H7Cl2F2N3O/c15-7-1-3-9(10(17)5-7)13-19-14(22)20-21(13)12-4-2-8(16)6-11(12)18/h1-6H,(H,20,22). The van der Waals surface area contributed by atoms with Gasteiger partial charge in [0.25, 0.3) is 0 Å². The molecule has 0 saturated heterocycles. The van der Waals surface area contributed by atoms with Crippen LogP contribution in [0.1, 0.15) is 0 Å². The van der Waals surface area contributed by atoms with Crippen LogP contribution in [0, 0.1) is 11.6 Å². The quantitative estimate of drug-likeness (QED) is 0.770. The highest BCUT2D eigenvalue weighted by Gasteiger charge is 2.17. The number of rotatable bonds is 2. The number of nitrogens with one attached hydrogen (secondary N) is 1. The first-order chi connectivity index (χ1) is 10.5. The molecule has 0 unspecified atom stereocenters. The third-order valence-corrected chi connectivity index (χ3v) is 3.42. The molecule has 0 fully saturated rings. The van der Waals surface area contributed by atoms with Crippen molar-refractivity contribution in [1.82, 2.24) is 14.8 Å². The van der Waals surface area contributed by atoms with Gasteiger partial charge in [0.05, 0.1) is 5.56 Å². The lowest BCUT2D eigenvalue weighted by atomic mass is 10.2. The number of nitrogens with zero attached hydrogens (tertiary/aromatic N) is 2. The van der Waals surface area contributed by atoms with Crippen molar-refractivity contribution < 1.29 is 8.78 Å². The van der Waals surface area contributed by atoms with E-state index in [1.165, 1.54) is 24.3 Å². The van der Waals surface area contributed by atoms with E-state index >= 15 is 0 Å². The number of hydrogen-bond donors (Lipinski definition) is 1. The van der Waals surface area contributed by atoms with Crippen molar-refractivity contribution in [2.24, 2.45) is 0 Å². The average molecular weight is 342 g/mol. The molecule has 1 aromatic heterocycles. The third-order valence-electron chi connectivity index (χ3n) is 2.95. The van der Waals surface area contributed by atoms with Crippen LogP contribution in [0.5, 0.6) is 0 Å². The fraction of sp³-hybridized carbons (Fsp3) is 0. The summed E-state index contributed by atoms with van der Waals surface area (Å²) in [5.41, 5.74) is -0.737. The van der Waals surface area contributed by atoms with Crippen molar-refractivity contribution in [3.8, 4) is 17.1 Å². The summed E-state index contributed by atoms with van der Waals surface area (Å²) in [5.74, 6) is -1.43. The zero-order valence-electron chi connectivity index (χ0n) is 10.8. The third kappa shape index (κ3) is 2.63. The predicted molar refractivity (Wildman–Crippen MR) is 79.6 cm³/mol. The summed E-state index contributed by atoms with van der Waals surface area (Å²) in [6.45, 7) is 0. The van der Waals surface area contributed by atoms with E-state index in [1.54, 1.807) is 0 Å². The minimum Gasteiger partial charge on any atom is -0.244 e. The zero-order chi connectivity index (χ0) is 15.9. The molecular weight excluding hydrogens is 335 g/mol. The van der Waals surface area contributed by atoms with E-state index in [0.717, 1.165) is 16.8 Å². The van der Waals surface area contributed by atoms with Crippen LogP contribution >= 0.6 is 23.2 Å². The van der Waals surface area contributed by atoms with Crippen molar-refractivity contribution >= 4 is 23.2 Å². The lowest BCUT2D eigenvalue weighted by Gasteiger charge is -2.09. The molecule has 0 radical (unpaired) electrons. The summed E-state index contributed by atoms with van der Waals surface area (Å²) in [5, 5.41) is 2.72. The Hall–Kier alpha value is -2.18. The van der Waals surface area contributed by atoms with Crippen LogP contribution in [-0.2, 0) is 0 Å². The first-order valence-electron chi connectivity index (χ1n) is 6.05. The lowest BCUT2D eigenvalue weighted by molar-refractivity contribution is 0.608. The molecule has 0 bridgehead atoms. The van der Waals surface area contributed by atoms with E-state index in [4.69, 9.17) is 23.2 Å². The van der Waals surface area contributed by atoms with E-state index in [9.17, 15) is 13.6 Å². The first kappa shape index (κ1) is 14.7. The van der Waals surface area contributed by atoms with Crippen molar-refractivity contribution in [1.29, 1.82) is 0 Å². The Bertz CT molecular complexity index is 849. The summed E-state index contributed by atoms with van der Waals surface area (Å²) in [7, 11) is 0. The van der Waals surface area contributed by atoms with Crippen LogP contribution in [0.3, 0.4) is 0 Å². The Kier molecular flexibility index (Phi) is 3.72. The van der Waals surface area contributed by atoms with Gasteiger partial charge in [0.1, 0.15) is 17.3 Å². The highest BCUT2D eigenvalue weighted by molar-refractivity contribution is 6.30. The Balaban J connectivity index is 2.24. The van der Waals surface area contributed by atoms with Crippen LogP contribution in [0.15, 0.2) is 41.2 Å². The molecule has 0 aliphatic rings. The molecule has 22 heavy (non-hydrogen) atoms. The monoisotopic (exact) mass is 341 g/mol. The molecule has 112 valence electrons. The van der Waals surface area contributed by atoms with Crippen molar-refractivity contribution in [2.75, 3.05) is 0 Å². The minimum atomic E-state index is -0.737. The largest absolute Gasteiger partial charge is 0.362 e. The van der Waals surface area contributed by atoms with Crippen LogP contribution in [0.2, 0.25) is 10.0 Å². The van der Waals surface area contributed by atoms with Gasteiger partial charge < -0.3 is 0 Å².